The molecular formula is C24H30N2O5. The van der Waals surface area contributed by atoms with Crippen molar-refractivity contribution in [2.24, 2.45) is 0 Å². The van der Waals surface area contributed by atoms with E-state index < -0.39 is 17.7 Å². The summed E-state index contributed by atoms with van der Waals surface area (Å²) in [6.07, 6.45) is 0.693. The van der Waals surface area contributed by atoms with Crippen LogP contribution in [0, 0.1) is 13.8 Å². The fourth-order valence-electron chi connectivity index (χ4n) is 3.83. The number of furan rings is 1. The maximum absolute atomic E-state index is 13.0. The lowest BCUT2D eigenvalue weighted by molar-refractivity contribution is -0.140. The van der Waals surface area contributed by atoms with E-state index in [4.69, 9.17) is 9.15 Å². The van der Waals surface area contributed by atoms with E-state index in [2.05, 4.69) is 0 Å². The monoisotopic (exact) mass is 426 g/mol. The molecule has 1 aromatic carbocycles. The minimum atomic E-state index is -0.761. The molecule has 0 saturated carbocycles. The Labute approximate surface area is 182 Å². The molecule has 1 aromatic heterocycles. The highest BCUT2D eigenvalue weighted by Crippen LogP contribution is 2.40. The van der Waals surface area contributed by atoms with Crippen molar-refractivity contribution in [3.8, 4) is 5.75 Å². The van der Waals surface area contributed by atoms with E-state index in [0.29, 0.717) is 42.4 Å². The lowest BCUT2D eigenvalue weighted by Crippen LogP contribution is -2.32. The maximum atomic E-state index is 13.0. The summed E-state index contributed by atoms with van der Waals surface area (Å²) in [4.78, 5) is 29.4. The van der Waals surface area contributed by atoms with Gasteiger partial charge in [0.1, 0.15) is 29.1 Å². The van der Waals surface area contributed by atoms with Gasteiger partial charge < -0.3 is 24.1 Å². The van der Waals surface area contributed by atoms with Crippen molar-refractivity contribution >= 4 is 17.4 Å². The third-order valence-electron chi connectivity index (χ3n) is 5.32. The van der Waals surface area contributed by atoms with Crippen LogP contribution in [-0.4, -0.2) is 60.4 Å². The van der Waals surface area contributed by atoms with Crippen LogP contribution in [-0.2, 0) is 9.59 Å². The molecule has 1 saturated heterocycles. The molecule has 1 N–H and O–H groups in total. The molecule has 1 unspecified atom stereocenters. The van der Waals surface area contributed by atoms with Gasteiger partial charge in [0.15, 0.2) is 0 Å². The predicted octanol–water partition coefficient (Wildman–Crippen LogP) is 3.67. The fourth-order valence-corrected chi connectivity index (χ4v) is 3.83. The van der Waals surface area contributed by atoms with Gasteiger partial charge in [-0.3, -0.25) is 9.59 Å². The SMILES string of the molecule is CCOc1ccc(/C(O)=C2/C(=O)C(=O)N(CCCN(C)C)C2c2ccc(C)o2)cc1C. The van der Waals surface area contributed by atoms with Crippen LogP contribution in [0.25, 0.3) is 5.76 Å². The number of rotatable bonds is 8. The van der Waals surface area contributed by atoms with Crippen LogP contribution in [0.2, 0.25) is 0 Å². The number of hydrogen-bond acceptors (Lipinski definition) is 6. The van der Waals surface area contributed by atoms with Crippen molar-refractivity contribution in [2.45, 2.75) is 33.2 Å². The molecule has 166 valence electrons. The number of amides is 1. The maximum Gasteiger partial charge on any atom is 0.295 e. The molecule has 1 fully saturated rings. The van der Waals surface area contributed by atoms with E-state index in [0.717, 1.165) is 12.1 Å². The Balaban J connectivity index is 2.06. The Kier molecular flexibility index (Phi) is 6.85. The first kappa shape index (κ1) is 22.6. The van der Waals surface area contributed by atoms with Crippen LogP contribution in [0.1, 0.15) is 42.0 Å². The number of carbonyl (C=O) groups is 2. The van der Waals surface area contributed by atoms with Crippen molar-refractivity contribution in [2.75, 3.05) is 33.8 Å². The topological polar surface area (TPSA) is 83.2 Å². The molecule has 31 heavy (non-hydrogen) atoms. The number of likely N-dealkylation sites (tertiary alicyclic amines) is 1. The molecule has 2 heterocycles. The van der Waals surface area contributed by atoms with Crippen molar-refractivity contribution in [1.82, 2.24) is 9.80 Å². The van der Waals surface area contributed by atoms with Crippen molar-refractivity contribution in [1.29, 1.82) is 0 Å². The average molecular weight is 427 g/mol. The minimum absolute atomic E-state index is 0.0489. The predicted molar refractivity (Wildman–Crippen MR) is 118 cm³/mol. The summed E-state index contributed by atoms with van der Waals surface area (Å²) in [6, 6.07) is 7.98. The second-order valence-corrected chi connectivity index (χ2v) is 8.01. The number of Topliss-reactive ketones (excluding diaryl/α,β-unsaturated/α-hetero) is 1. The smallest absolute Gasteiger partial charge is 0.295 e. The summed E-state index contributed by atoms with van der Waals surface area (Å²) in [6.45, 7) is 7.25. The number of aryl methyl sites for hydroxylation is 2. The van der Waals surface area contributed by atoms with Gasteiger partial charge in [-0.25, -0.2) is 0 Å². The Morgan fingerprint density at radius 3 is 2.52 bits per heavy atom. The highest BCUT2D eigenvalue weighted by Gasteiger charge is 2.47. The van der Waals surface area contributed by atoms with E-state index in [9.17, 15) is 14.7 Å². The molecule has 0 bridgehead atoms. The Morgan fingerprint density at radius 1 is 1.19 bits per heavy atom. The molecule has 3 rings (SSSR count). The Bertz CT molecular complexity index is 1010. The zero-order valence-electron chi connectivity index (χ0n) is 18.8. The van der Waals surface area contributed by atoms with Crippen LogP contribution in [0.3, 0.4) is 0 Å². The summed E-state index contributed by atoms with van der Waals surface area (Å²) in [5, 5.41) is 11.1. The van der Waals surface area contributed by atoms with Crippen LogP contribution >= 0.6 is 0 Å². The van der Waals surface area contributed by atoms with E-state index in [1.54, 1.807) is 37.3 Å². The molecular weight excluding hydrogens is 396 g/mol. The highest BCUT2D eigenvalue weighted by molar-refractivity contribution is 6.46. The molecule has 1 atom stereocenters. The Morgan fingerprint density at radius 2 is 1.94 bits per heavy atom. The highest BCUT2D eigenvalue weighted by atomic mass is 16.5. The molecule has 2 aromatic rings. The van der Waals surface area contributed by atoms with Crippen LogP contribution in [0.5, 0.6) is 5.75 Å². The molecule has 7 nitrogen and oxygen atoms in total. The Hall–Kier alpha value is -3.06. The number of hydrogen-bond donors (Lipinski definition) is 1. The zero-order valence-corrected chi connectivity index (χ0v) is 18.8. The van der Waals surface area contributed by atoms with Crippen molar-refractivity contribution < 1.29 is 23.8 Å². The van der Waals surface area contributed by atoms with Gasteiger partial charge in [-0.05, 0) is 83.7 Å². The summed E-state index contributed by atoms with van der Waals surface area (Å²) in [7, 11) is 3.91. The first-order chi connectivity index (χ1) is 14.7. The van der Waals surface area contributed by atoms with Gasteiger partial charge in [-0.1, -0.05) is 0 Å². The van der Waals surface area contributed by atoms with Crippen molar-refractivity contribution in [3.05, 3.63) is 58.6 Å². The van der Waals surface area contributed by atoms with Crippen molar-refractivity contribution in [3.63, 3.8) is 0 Å². The number of carbonyl (C=O) groups excluding carboxylic acids is 2. The normalized spacial score (nSPS) is 18.3. The van der Waals surface area contributed by atoms with E-state index in [1.165, 1.54) is 4.90 Å². The second kappa shape index (κ2) is 9.39. The second-order valence-electron chi connectivity index (χ2n) is 8.01. The first-order valence-corrected chi connectivity index (χ1v) is 10.5. The third kappa shape index (κ3) is 4.66. The zero-order chi connectivity index (χ0) is 22.7. The van der Waals surface area contributed by atoms with Gasteiger partial charge in [-0.2, -0.15) is 0 Å². The molecule has 1 aliphatic heterocycles. The number of benzene rings is 1. The van der Waals surface area contributed by atoms with E-state index in [-0.39, 0.29) is 11.3 Å². The molecule has 7 heteroatoms. The number of ether oxygens (including phenoxy) is 1. The van der Waals surface area contributed by atoms with Gasteiger partial charge in [0.25, 0.3) is 11.7 Å². The molecule has 1 amide bonds. The van der Waals surface area contributed by atoms with Crippen LogP contribution in [0.4, 0.5) is 0 Å². The number of nitrogens with zero attached hydrogens (tertiary/aromatic N) is 2. The molecule has 0 spiro atoms. The average Bonchev–Trinajstić information content (AvgIpc) is 3.25. The lowest BCUT2D eigenvalue weighted by atomic mass is 9.98. The quantitative estimate of drug-likeness (QED) is 0.394. The molecule has 0 aliphatic carbocycles. The minimum Gasteiger partial charge on any atom is -0.507 e. The lowest BCUT2D eigenvalue weighted by Gasteiger charge is -2.24. The van der Waals surface area contributed by atoms with Crippen LogP contribution < -0.4 is 4.74 Å². The van der Waals surface area contributed by atoms with Gasteiger partial charge in [0.2, 0.25) is 0 Å². The van der Waals surface area contributed by atoms with Gasteiger partial charge in [0, 0.05) is 12.1 Å². The summed E-state index contributed by atoms with van der Waals surface area (Å²) in [5.74, 6) is 0.312. The first-order valence-electron chi connectivity index (χ1n) is 10.5. The fraction of sp³-hybridized carbons (Fsp3) is 0.417. The number of ketones is 1. The summed E-state index contributed by atoms with van der Waals surface area (Å²) in [5.41, 5.74) is 1.34. The van der Waals surface area contributed by atoms with E-state index in [1.807, 2.05) is 32.8 Å². The summed E-state index contributed by atoms with van der Waals surface area (Å²) < 4.78 is 11.4. The number of aliphatic hydroxyl groups is 1. The standard InChI is InChI=1S/C24H30N2O5/c1-6-30-18-11-9-17(14-15(18)2)22(27)20-21(19-10-8-16(3)31-19)26(24(29)23(20)28)13-7-12-25(4)5/h8-11,14,21,27H,6-7,12-13H2,1-5H3/b22-20-. The van der Waals surface area contributed by atoms with Gasteiger partial charge >= 0.3 is 0 Å². The van der Waals surface area contributed by atoms with Gasteiger partial charge in [-0.15, -0.1) is 0 Å². The van der Waals surface area contributed by atoms with Gasteiger partial charge in [0.05, 0.1) is 12.2 Å². The third-order valence-corrected chi connectivity index (χ3v) is 5.32. The molecule has 1 aliphatic rings. The largest absolute Gasteiger partial charge is 0.507 e. The van der Waals surface area contributed by atoms with E-state index >= 15 is 0 Å². The van der Waals surface area contributed by atoms with Crippen LogP contribution in [0.15, 0.2) is 40.3 Å². The molecule has 0 radical (unpaired) electrons. The number of aliphatic hydroxyl groups excluding tert-OH is 1. The summed E-state index contributed by atoms with van der Waals surface area (Å²) >= 11 is 0.